The van der Waals surface area contributed by atoms with Crippen molar-refractivity contribution < 1.29 is 24.5 Å². The molecule has 2 amide bonds. The maximum atomic E-state index is 12.5. The number of carboxylic acids is 1. The number of aliphatic hydroxyl groups excluding tert-OH is 1. The summed E-state index contributed by atoms with van der Waals surface area (Å²) in [7, 11) is 0. The fraction of sp³-hybridized carbons (Fsp3) is 0.846. The molecule has 0 bridgehead atoms. The van der Waals surface area contributed by atoms with Crippen LogP contribution in [0, 0.1) is 0 Å². The van der Waals surface area contributed by atoms with Crippen LogP contribution in [0.3, 0.4) is 0 Å². The standard InChI is InChI=1S/C13H22N2O5/c1-9-6-14(7-10(8-16)20-9)13(19)15-5-3-2-4-11(15)12(17)18/h9-11,16H,2-8H2,1H3,(H,17,18). The second kappa shape index (κ2) is 6.41. The lowest BCUT2D eigenvalue weighted by molar-refractivity contribution is -0.143. The Morgan fingerprint density at radius 2 is 2.05 bits per heavy atom. The normalized spacial score (nSPS) is 31.2. The average molecular weight is 286 g/mol. The van der Waals surface area contributed by atoms with E-state index in [1.165, 1.54) is 4.90 Å². The molecule has 2 heterocycles. The molecule has 2 N–H and O–H groups in total. The van der Waals surface area contributed by atoms with Crippen molar-refractivity contribution in [1.82, 2.24) is 9.80 Å². The zero-order valence-electron chi connectivity index (χ0n) is 11.7. The third kappa shape index (κ3) is 3.21. The Bertz CT molecular complexity index is 376. The number of likely N-dealkylation sites (tertiary alicyclic amines) is 1. The van der Waals surface area contributed by atoms with Gasteiger partial charge in [-0.15, -0.1) is 0 Å². The van der Waals surface area contributed by atoms with Crippen molar-refractivity contribution in [3.63, 3.8) is 0 Å². The minimum Gasteiger partial charge on any atom is -0.480 e. The molecule has 2 rings (SSSR count). The molecule has 0 spiro atoms. The van der Waals surface area contributed by atoms with Crippen LogP contribution in [-0.4, -0.2) is 76.5 Å². The highest BCUT2D eigenvalue weighted by atomic mass is 16.5. The van der Waals surface area contributed by atoms with E-state index in [4.69, 9.17) is 4.74 Å². The van der Waals surface area contributed by atoms with Gasteiger partial charge in [0.2, 0.25) is 0 Å². The van der Waals surface area contributed by atoms with Crippen molar-refractivity contribution in [2.24, 2.45) is 0 Å². The number of morpholine rings is 1. The summed E-state index contributed by atoms with van der Waals surface area (Å²) in [6.45, 7) is 2.91. The largest absolute Gasteiger partial charge is 0.480 e. The number of piperidine rings is 1. The highest BCUT2D eigenvalue weighted by Crippen LogP contribution is 2.21. The summed E-state index contributed by atoms with van der Waals surface area (Å²) in [5.41, 5.74) is 0. The van der Waals surface area contributed by atoms with E-state index in [1.54, 1.807) is 4.90 Å². The number of carbonyl (C=O) groups is 2. The van der Waals surface area contributed by atoms with E-state index < -0.39 is 18.1 Å². The number of carboxylic acid groups (broad SMARTS) is 1. The van der Waals surface area contributed by atoms with Crippen LogP contribution in [0.2, 0.25) is 0 Å². The van der Waals surface area contributed by atoms with Gasteiger partial charge < -0.3 is 24.7 Å². The molecule has 0 aliphatic carbocycles. The molecule has 2 aliphatic heterocycles. The number of carbonyl (C=O) groups excluding carboxylic acids is 1. The van der Waals surface area contributed by atoms with Gasteiger partial charge in [-0.05, 0) is 26.2 Å². The fourth-order valence-electron chi connectivity index (χ4n) is 2.90. The van der Waals surface area contributed by atoms with E-state index in [0.717, 1.165) is 12.8 Å². The van der Waals surface area contributed by atoms with Gasteiger partial charge in [-0.2, -0.15) is 0 Å². The van der Waals surface area contributed by atoms with Crippen molar-refractivity contribution in [3.8, 4) is 0 Å². The highest BCUT2D eigenvalue weighted by Gasteiger charge is 2.37. The van der Waals surface area contributed by atoms with Gasteiger partial charge in [-0.1, -0.05) is 0 Å². The van der Waals surface area contributed by atoms with Gasteiger partial charge in [0, 0.05) is 13.1 Å². The topological polar surface area (TPSA) is 90.3 Å². The minimum atomic E-state index is -0.946. The van der Waals surface area contributed by atoms with Gasteiger partial charge in [0.25, 0.3) is 0 Å². The first-order valence-corrected chi connectivity index (χ1v) is 7.07. The lowest BCUT2D eigenvalue weighted by Gasteiger charge is -2.41. The molecule has 7 nitrogen and oxygen atoms in total. The molecule has 3 atom stereocenters. The van der Waals surface area contributed by atoms with Crippen LogP contribution in [0.5, 0.6) is 0 Å². The Kier molecular flexibility index (Phi) is 4.82. The summed E-state index contributed by atoms with van der Waals surface area (Å²) >= 11 is 0. The highest BCUT2D eigenvalue weighted by molar-refractivity contribution is 5.83. The second-order valence-electron chi connectivity index (χ2n) is 5.48. The number of urea groups is 1. The average Bonchev–Trinajstić information content (AvgIpc) is 2.45. The smallest absolute Gasteiger partial charge is 0.326 e. The van der Waals surface area contributed by atoms with Crippen LogP contribution >= 0.6 is 0 Å². The van der Waals surface area contributed by atoms with Crippen molar-refractivity contribution in [2.45, 2.75) is 44.4 Å². The van der Waals surface area contributed by atoms with E-state index in [-0.39, 0.29) is 18.7 Å². The van der Waals surface area contributed by atoms with E-state index >= 15 is 0 Å². The summed E-state index contributed by atoms with van der Waals surface area (Å²) in [6, 6.07) is -0.993. The second-order valence-corrected chi connectivity index (χ2v) is 5.48. The van der Waals surface area contributed by atoms with E-state index in [1.807, 2.05) is 6.92 Å². The summed E-state index contributed by atoms with van der Waals surface area (Å²) in [6.07, 6.45) is 1.62. The van der Waals surface area contributed by atoms with Crippen molar-refractivity contribution >= 4 is 12.0 Å². The molecular weight excluding hydrogens is 264 g/mol. The van der Waals surface area contributed by atoms with Crippen LogP contribution in [-0.2, 0) is 9.53 Å². The van der Waals surface area contributed by atoms with Gasteiger partial charge in [0.1, 0.15) is 6.04 Å². The molecule has 20 heavy (non-hydrogen) atoms. The number of ether oxygens (including phenoxy) is 1. The van der Waals surface area contributed by atoms with Gasteiger partial charge in [-0.3, -0.25) is 0 Å². The van der Waals surface area contributed by atoms with Crippen LogP contribution in [0.1, 0.15) is 26.2 Å². The maximum Gasteiger partial charge on any atom is 0.326 e. The zero-order valence-corrected chi connectivity index (χ0v) is 11.7. The van der Waals surface area contributed by atoms with Crippen LogP contribution in [0.4, 0.5) is 4.79 Å². The number of rotatable bonds is 2. The van der Waals surface area contributed by atoms with E-state index in [2.05, 4.69) is 0 Å². The monoisotopic (exact) mass is 286 g/mol. The Hall–Kier alpha value is -1.34. The Morgan fingerprint density at radius 1 is 1.30 bits per heavy atom. The molecule has 7 heteroatoms. The minimum absolute atomic E-state index is 0.142. The predicted molar refractivity (Wildman–Crippen MR) is 70.4 cm³/mol. The van der Waals surface area contributed by atoms with Crippen molar-refractivity contribution in [1.29, 1.82) is 0 Å². The number of hydrogen-bond donors (Lipinski definition) is 2. The van der Waals surface area contributed by atoms with Gasteiger partial charge >= 0.3 is 12.0 Å². The number of hydrogen-bond acceptors (Lipinski definition) is 4. The Labute approximate surface area is 118 Å². The predicted octanol–water partition coefficient (Wildman–Crippen LogP) is 0.127. The summed E-state index contributed by atoms with van der Waals surface area (Å²) in [5.74, 6) is -0.946. The molecule has 0 saturated carbocycles. The number of nitrogens with zero attached hydrogens (tertiary/aromatic N) is 2. The molecule has 3 unspecified atom stereocenters. The van der Waals surface area contributed by atoms with Crippen molar-refractivity contribution in [2.75, 3.05) is 26.2 Å². The number of aliphatic hydroxyl groups is 1. The third-order valence-corrected chi connectivity index (χ3v) is 3.83. The summed E-state index contributed by atoms with van der Waals surface area (Å²) < 4.78 is 5.50. The van der Waals surface area contributed by atoms with Crippen LogP contribution in [0.15, 0.2) is 0 Å². The zero-order chi connectivity index (χ0) is 14.7. The molecule has 0 aromatic rings. The molecule has 2 aliphatic rings. The Morgan fingerprint density at radius 3 is 2.70 bits per heavy atom. The third-order valence-electron chi connectivity index (χ3n) is 3.83. The lowest BCUT2D eigenvalue weighted by Crippen LogP contribution is -2.58. The maximum absolute atomic E-state index is 12.5. The van der Waals surface area contributed by atoms with Gasteiger partial charge in [0.05, 0.1) is 25.4 Å². The SMILES string of the molecule is CC1CN(C(=O)N2CCCCC2C(=O)O)CC(CO)O1. The first-order valence-electron chi connectivity index (χ1n) is 7.07. The first-order chi connectivity index (χ1) is 9.52. The van der Waals surface area contributed by atoms with E-state index in [0.29, 0.717) is 26.1 Å². The molecule has 2 saturated heterocycles. The van der Waals surface area contributed by atoms with Crippen molar-refractivity contribution in [3.05, 3.63) is 0 Å². The number of amides is 2. The molecular formula is C13H22N2O5. The fourth-order valence-corrected chi connectivity index (χ4v) is 2.90. The van der Waals surface area contributed by atoms with E-state index in [9.17, 15) is 19.8 Å². The molecule has 0 aromatic heterocycles. The molecule has 114 valence electrons. The summed E-state index contributed by atoms with van der Waals surface area (Å²) in [5, 5.41) is 18.4. The lowest BCUT2D eigenvalue weighted by atomic mass is 10.0. The summed E-state index contributed by atoms with van der Waals surface area (Å²) in [4.78, 5) is 26.8. The van der Waals surface area contributed by atoms with Crippen LogP contribution in [0.25, 0.3) is 0 Å². The van der Waals surface area contributed by atoms with Gasteiger partial charge in [-0.25, -0.2) is 9.59 Å². The molecule has 2 fully saturated rings. The number of aliphatic carboxylic acids is 1. The first kappa shape index (κ1) is 15.1. The molecule has 0 aromatic carbocycles. The van der Waals surface area contributed by atoms with Crippen LogP contribution < -0.4 is 0 Å². The molecule has 0 radical (unpaired) electrons. The Balaban J connectivity index is 2.06. The quantitative estimate of drug-likeness (QED) is 0.753. The van der Waals surface area contributed by atoms with Gasteiger partial charge in [0.15, 0.2) is 0 Å².